The summed E-state index contributed by atoms with van der Waals surface area (Å²) in [4.78, 5) is 37.1. The van der Waals surface area contributed by atoms with Gasteiger partial charge in [-0.15, -0.1) is 0 Å². The van der Waals surface area contributed by atoms with Gasteiger partial charge in [0, 0.05) is 19.4 Å². The average molecular weight is 441 g/mol. The molecule has 0 saturated carbocycles. The number of hydrazine groups is 1. The first-order chi connectivity index (χ1) is 15.2. The summed E-state index contributed by atoms with van der Waals surface area (Å²) in [5.41, 5.74) is 12.6. The number of hydrogen-bond acceptors (Lipinski definition) is 5. The Bertz CT molecular complexity index is 892. The molecule has 5 N–H and O–H groups in total. The second-order valence-corrected chi connectivity index (χ2v) is 8.45. The number of nitrogens with one attached hydrogen (secondary N) is 3. The van der Waals surface area contributed by atoms with Crippen LogP contribution in [0, 0.1) is 0 Å². The topological polar surface area (TPSA) is 123 Å². The van der Waals surface area contributed by atoms with Crippen molar-refractivity contribution < 1.29 is 19.1 Å². The summed E-state index contributed by atoms with van der Waals surface area (Å²) in [6.07, 6.45) is 0.261. The largest absolute Gasteiger partial charge is 0.444 e. The van der Waals surface area contributed by atoms with E-state index in [0.29, 0.717) is 13.0 Å². The number of benzene rings is 2. The molecule has 0 aromatic heterocycles. The molecular formula is C24H32N4O4. The second kappa shape index (κ2) is 11.9. The van der Waals surface area contributed by atoms with Gasteiger partial charge in [0.1, 0.15) is 11.6 Å². The molecule has 0 aliphatic carbocycles. The zero-order chi connectivity index (χ0) is 23.6. The van der Waals surface area contributed by atoms with Crippen LogP contribution in [0.3, 0.4) is 0 Å². The number of rotatable bonds is 8. The number of alkyl carbamates (subject to hydrolysis) is 1. The van der Waals surface area contributed by atoms with Crippen LogP contribution < -0.4 is 21.9 Å². The summed E-state index contributed by atoms with van der Waals surface area (Å²) in [5, 5.41) is 2.58. The maximum absolute atomic E-state index is 12.7. The SMILES string of the molecule is CC(C)(C)OC(=O)N[C@H](Cc1ccccc1)C(=O)NNC(=O)CCc1ccc(CN)cc1. The number of carbonyl (C=O) groups is 3. The third-order valence-electron chi connectivity index (χ3n) is 4.51. The molecule has 2 aromatic carbocycles. The summed E-state index contributed by atoms with van der Waals surface area (Å²) < 4.78 is 5.26. The van der Waals surface area contributed by atoms with E-state index in [1.807, 2.05) is 54.6 Å². The van der Waals surface area contributed by atoms with Crippen molar-refractivity contribution in [1.29, 1.82) is 0 Å². The van der Waals surface area contributed by atoms with Gasteiger partial charge in [-0.05, 0) is 43.9 Å². The Balaban J connectivity index is 1.90. The van der Waals surface area contributed by atoms with Gasteiger partial charge in [-0.25, -0.2) is 4.79 Å². The van der Waals surface area contributed by atoms with E-state index in [1.165, 1.54) is 0 Å². The molecule has 0 aliphatic heterocycles. The molecule has 32 heavy (non-hydrogen) atoms. The van der Waals surface area contributed by atoms with Gasteiger partial charge in [0.15, 0.2) is 0 Å². The Kier molecular flexibility index (Phi) is 9.22. The number of amides is 3. The van der Waals surface area contributed by atoms with E-state index < -0.39 is 23.6 Å². The molecule has 0 unspecified atom stereocenters. The zero-order valence-electron chi connectivity index (χ0n) is 18.8. The third-order valence-corrected chi connectivity index (χ3v) is 4.51. The number of hydrogen-bond donors (Lipinski definition) is 4. The Morgan fingerprint density at radius 3 is 2.12 bits per heavy atom. The molecular weight excluding hydrogens is 408 g/mol. The molecule has 1 atom stereocenters. The highest BCUT2D eigenvalue weighted by Crippen LogP contribution is 2.09. The molecule has 2 rings (SSSR count). The van der Waals surface area contributed by atoms with Crippen molar-refractivity contribution in [3.05, 3.63) is 71.3 Å². The van der Waals surface area contributed by atoms with E-state index in [0.717, 1.165) is 16.7 Å². The van der Waals surface area contributed by atoms with E-state index in [1.54, 1.807) is 20.8 Å². The highest BCUT2D eigenvalue weighted by molar-refractivity contribution is 5.88. The lowest BCUT2D eigenvalue weighted by molar-refractivity contribution is -0.130. The van der Waals surface area contributed by atoms with Crippen molar-refractivity contribution in [2.45, 2.75) is 58.2 Å². The third kappa shape index (κ3) is 9.18. The summed E-state index contributed by atoms with van der Waals surface area (Å²) >= 11 is 0. The average Bonchev–Trinajstić information content (AvgIpc) is 2.75. The first-order valence-corrected chi connectivity index (χ1v) is 10.6. The van der Waals surface area contributed by atoms with Crippen LogP contribution in [0.5, 0.6) is 0 Å². The zero-order valence-corrected chi connectivity index (χ0v) is 18.8. The van der Waals surface area contributed by atoms with Crippen LogP contribution in [-0.2, 0) is 33.7 Å². The molecule has 3 amide bonds. The number of aryl methyl sites for hydroxylation is 1. The fraction of sp³-hybridized carbons (Fsp3) is 0.375. The molecule has 8 nitrogen and oxygen atoms in total. The van der Waals surface area contributed by atoms with Crippen molar-refractivity contribution in [1.82, 2.24) is 16.2 Å². The Morgan fingerprint density at radius 2 is 1.53 bits per heavy atom. The van der Waals surface area contributed by atoms with Crippen LogP contribution in [0.15, 0.2) is 54.6 Å². The Hall–Kier alpha value is -3.39. The van der Waals surface area contributed by atoms with E-state index >= 15 is 0 Å². The Labute approximate surface area is 188 Å². The van der Waals surface area contributed by atoms with Crippen LogP contribution in [0.1, 0.15) is 43.9 Å². The minimum atomic E-state index is -0.920. The predicted molar refractivity (Wildman–Crippen MR) is 122 cm³/mol. The molecule has 2 aromatic rings. The van der Waals surface area contributed by atoms with Gasteiger partial charge in [0.05, 0.1) is 0 Å². The van der Waals surface area contributed by atoms with Crippen molar-refractivity contribution in [2.24, 2.45) is 5.73 Å². The van der Waals surface area contributed by atoms with E-state index in [4.69, 9.17) is 10.5 Å². The maximum Gasteiger partial charge on any atom is 0.408 e. The van der Waals surface area contributed by atoms with Crippen LogP contribution in [0.2, 0.25) is 0 Å². The van der Waals surface area contributed by atoms with Crippen molar-refractivity contribution >= 4 is 17.9 Å². The van der Waals surface area contributed by atoms with Crippen LogP contribution >= 0.6 is 0 Å². The molecule has 8 heteroatoms. The van der Waals surface area contributed by atoms with Crippen molar-refractivity contribution in [3.8, 4) is 0 Å². The number of ether oxygens (including phenoxy) is 1. The molecule has 0 spiro atoms. The number of nitrogens with two attached hydrogens (primary N) is 1. The molecule has 0 radical (unpaired) electrons. The molecule has 0 heterocycles. The molecule has 0 aliphatic rings. The summed E-state index contributed by atoms with van der Waals surface area (Å²) in [7, 11) is 0. The molecule has 172 valence electrons. The summed E-state index contributed by atoms with van der Waals surface area (Å²) in [5.74, 6) is -0.877. The smallest absolute Gasteiger partial charge is 0.408 e. The Morgan fingerprint density at radius 1 is 0.906 bits per heavy atom. The van der Waals surface area contributed by atoms with Gasteiger partial charge < -0.3 is 15.8 Å². The first kappa shape index (κ1) is 24.9. The van der Waals surface area contributed by atoms with Gasteiger partial charge in [0.2, 0.25) is 5.91 Å². The normalized spacial score (nSPS) is 11.9. The fourth-order valence-electron chi connectivity index (χ4n) is 2.89. The monoisotopic (exact) mass is 440 g/mol. The van der Waals surface area contributed by atoms with Crippen molar-refractivity contribution in [3.63, 3.8) is 0 Å². The first-order valence-electron chi connectivity index (χ1n) is 10.6. The number of carbonyl (C=O) groups excluding carboxylic acids is 3. The van der Waals surface area contributed by atoms with Gasteiger partial charge in [-0.3, -0.25) is 20.4 Å². The van der Waals surface area contributed by atoms with Crippen molar-refractivity contribution in [2.75, 3.05) is 0 Å². The van der Waals surface area contributed by atoms with E-state index in [-0.39, 0.29) is 18.7 Å². The minimum Gasteiger partial charge on any atom is -0.444 e. The highest BCUT2D eigenvalue weighted by atomic mass is 16.6. The molecule has 0 saturated heterocycles. The molecule has 0 fully saturated rings. The van der Waals surface area contributed by atoms with Crippen LogP contribution in [-0.4, -0.2) is 29.6 Å². The highest BCUT2D eigenvalue weighted by Gasteiger charge is 2.25. The van der Waals surface area contributed by atoms with E-state index in [2.05, 4.69) is 16.2 Å². The van der Waals surface area contributed by atoms with Gasteiger partial charge in [0.25, 0.3) is 5.91 Å². The van der Waals surface area contributed by atoms with Gasteiger partial charge in [-0.2, -0.15) is 0 Å². The summed E-state index contributed by atoms with van der Waals surface area (Å²) in [6, 6.07) is 16.0. The second-order valence-electron chi connectivity index (χ2n) is 8.45. The predicted octanol–water partition coefficient (Wildman–Crippen LogP) is 2.36. The van der Waals surface area contributed by atoms with Crippen LogP contribution in [0.4, 0.5) is 4.79 Å². The standard InChI is InChI=1S/C24H32N4O4/c1-24(2,3)32-23(31)26-20(15-18-7-5-4-6-8-18)22(30)28-27-21(29)14-13-17-9-11-19(16-25)12-10-17/h4-12,20H,13-16,25H2,1-3H3,(H,26,31)(H,27,29)(H,28,30)/t20-/m1/s1. The van der Waals surface area contributed by atoms with Gasteiger partial charge in [-0.1, -0.05) is 54.6 Å². The van der Waals surface area contributed by atoms with Crippen LogP contribution in [0.25, 0.3) is 0 Å². The lowest BCUT2D eigenvalue weighted by Gasteiger charge is -2.23. The summed E-state index contributed by atoms with van der Waals surface area (Å²) in [6.45, 7) is 5.68. The van der Waals surface area contributed by atoms with Gasteiger partial charge >= 0.3 is 6.09 Å². The lowest BCUT2D eigenvalue weighted by atomic mass is 10.1. The fourth-order valence-corrected chi connectivity index (χ4v) is 2.89. The quantitative estimate of drug-likeness (QED) is 0.470. The molecule has 0 bridgehead atoms. The lowest BCUT2D eigenvalue weighted by Crippen LogP contribution is -2.53. The minimum absolute atomic E-state index is 0.200. The maximum atomic E-state index is 12.7. The van der Waals surface area contributed by atoms with E-state index in [9.17, 15) is 14.4 Å².